The number of hydrogen-bond donors (Lipinski definition) is 2. The highest BCUT2D eigenvalue weighted by Gasteiger charge is 2.30. The number of aryl methyl sites for hydroxylation is 1. The molecular weight excluding hydrogens is 320 g/mol. The molecule has 8 heteroatoms. The standard InChI is InChI=1S/C17H20N6O2/c1-23-7-6-18-16(23)14-11(3-2-8-25-14)9-19-17(24)13-5-4-12-15(22-13)21-10-20-12/h4-7,10-11,14H,2-3,8-9H2,1H3,(H,19,24)(H,20,21,22)/t11-,14+/m0/s1. The third kappa shape index (κ3) is 3.12. The van der Waals surface area contributed by atoms with E-state index in [1.165, 1.54) is 0 Å². The van der Waals surface area contributed by atoms with Crippen molar-refractivity contribution in [1.29, 1.82) is 0 Å². The average molecular weight is 340 g/mol. The zero-order valence-electron chi connectivity index (χ0n) is 14.0. The van der Waals surface area contributed by atoms with Crippen LogP contribution in [-0.2, 0) is 11.8 Å². The Kier molecular flexibility index (Phi) is 4.19. The summed E-state index contributed by atoms with van der Waals surface area (Å²) in [7, 11) is 1.96. The van der Waals surface area contributed by atoms with Gasteiger partial charge in [-0.2, -0.15) is 0 Å². The number of imidazole rings is 2. The molecule has 1 aliphatic heterocycles. The summed E-state index contributed by atoms with van der Waals surface area (Å²) in [6, 6.07) is 3.51. The number of hydrogen-bond acceptors (Lipinski definition) is 5. The van der Waals surface area contributed by atoms with E-state index in [1.54, 1.807) is 18.6 Å². The van der Waals surface area contributed by atoms with Crippen LogP contribution in [0.2, 0.25) is 0 Å². The van der Waals surface area contributed by atoms with Crippen molar-refractivity contribution in [3.05, 3.63) is 42.4 Å². The SMILES string of the molecule is Cn1ccnc1[C@@H]1OCCC[C@H]1CNC(=O)c1ccc2[nH]cnc2n1. The molecular formula is C17H20N6O2. The van der Waals surface area contributed by atoms with Crippen LogP contribution < -0.4 is 5.32 Å². The Balaban J connectivity index is 1.45. The summed E-state index contributed by atoms with van der Waals surface area (Å²) >= 11 is 0. The van der Waals surface area contributed by atoms with Gasteiger partial charge in [-0.1, -0.05) is 0 Å². The van der Waals surface area contributed by atoms with Crippen molar-refractivity contribution in [3.63, 3.8) is 0 Å². The smallest absolute Gasteiger partial charge is 0.269 e. The molecule has 1 fully saturated rings. The Morgan fingerprint density at radius 3 is 3.20 bits per heavy atom. The molecule has 0 aromatic carbocycles. The molecule has 0 radical (unpaired) electrons. The summed E-state index contributed by atoms with van der Waals surface area (Å²) in [6.45, 7) is 1.25. The van der Waals surface area contributed by atoms with Crippen LogP contribution in [0.15, 0.2) is 30.9 Å². The number of nitrogens with zero attached hydrogens (tertiary/aromatic N) is 4. The van der Waals surface area contributed by atoms with Crippen molar-refractivity contribution in [3.8, 4) is 0 Å². The predicted octanol–water partition coefficient (Wildman–Crippen LogP) is 1.59. The fraction of sp³-hybridized carbons (Fsp3) is 0.412. The molecule has 3 aromatic heterocycles. The molecule has 4 rings (SSSR count). The Morgan fingerprint density at radius 2 is 2.36 bits per heavy atom. The fourth-order valence-electron chi connectivity index (χ4n) is 3.25. The normalized spacial score (nSPS) is 20.7. The summed E-state index contributed by atoms with van der Waals surface area (Å²) < 4.78 is 7.91. The van der Waals surface area contributed by atoms with Gasteiger partial charge in [-0.05, 0) is 25.0 Å². The highest BCUT2D eigenvalue weighted by atomic mass is 16.5. The zero-order chi connectivity index (χ0) is 17.2. The number of amides is 1. The van der Waals surface area contributed by atoms with Gasteiger partial charge in [0.15, 0.2) is 5.65 Å². The molecule has 0 saturated carbocycles. The molecule has 1 aliphatic rings. The average Bonchev–Trinajstić information content (AvgIpc) is 3.27. The monoisotopic (exact) mass is 340 g/mol. The van der Waals surface area contributed by atoms with Crippen LogP contribution in [0.5, 0.6) is 0 Å². The molecule has 0 bridgehead atoms. The minimum Gasteiger partial charge on any atom is -0.370 e. The quantitative estimate of drug-likeness (QED) is 0.751. The molecule has 2 N–H and O–H groups in total. The Bertz CT molecular complexity index is 886. The molecule has 3 aromatic rings. The van der Waals surface area contributed by atoms with Crippen LogP contribution in [0, 0.1) is 5.92 Å². The topological polar surface area (TPSA) is 97.7 Å². The molecule has 1 amide bonds. The second-order valence-corrected chi connectivity index (χ2v) is 6.27. The lowest BCUT2D eigenvalue weighted by Crippen LogP contribution is -2.36. The molecule has 0 unspecified atom stereocenters. The van der Waals surface area contributed by atoms with E-state index in [4.69, 9.17) is 4.74 Å². The van der Waals surface area contributed by atoms with Gasteiger partial charge < -0.3 is 19.6 Å². The summed E-state index contributed by atoms with van der Waals surface area (Å²) in [5, 5.41) is 2.98. The van der Waals surface area contributed by atoms with Crippen LogP contribution >= 0.6 is 0 Å². The minimum atomic E-state index is -0.200. The lowest BCUT2D eigenvalue weighted by molar-refractivity contribution is -0.0337. The number of fused-ring (bicyclic) bond motifs is 1. The number of pyridine rings is 1. The van der Waals surface area contributed by atoms with Crippen molar-refractivity contribution >= 4 is 17.1 Å². The van der Waals surface area contributed by atoms with Crippen LogP contribution in [0.1, 0.15) is 35.3 Å². The first-order valence-corrected chi connectivity index (χ1v) is 8.39. The Morgan fingerprint density at radius 1 is 1.44 bits per heavy atom. The van der Waals surface area contributed by atoms with Gasteiger partial charge in [-0.15, -0.1) is 0 Å². The second-order valence-electron chi connectivity index (χ2n) is 6.27. The van der Waals surface area contributed by atoms with Gasteiger partial charge >= 0.3 is 0 Å². The predicted molar refractivity (Wildman–Crippen MR) is 90.8 cm³/mol. The maximum Gasteiger partial charge on any atom is 0.269 e. The van der Waals surface area contributed by atoms with Gasteiger partial charge in [0.25, 0.3) is 5.91 Å². The van der Waals surface area contributed by atoms with Crippen molar-refractivity contribution in [2.75, 3.05) is 13.2 Å². The van der Waals surface area contributed by atoms with Gasteiger partial charge in [0.05, 0.1) is 11.8 Å². The van der Waals surface area contributed by atoms with Gasteiger partial charge in [-0.3, -0.25) is 4.79 Å². The molecule has 1 saturated heterocycles. The van der Waals surface area contributed by atoms with Crippen molar-refractivity contribution in [2.45, 2.75) is 18.9 Å². The summed E-state index contributed by atoms with van der Waals surface area (Å²) in [5.41, 5.74) is 1.72. The number of carbonyl (C=O) groups excluding carboxylic acids is 1. The Labute approximate surface area is 144 Å². The summed E-state index contributed by atoms with van der Waals surface area (Å²) in [6.07, 6.45) is 7.12. The maximum absolute atomic E-state index is 12.4. The van der Waals surface area contributed by atoms with Crippen molar-refractivity contribution in [2.24, 2.45) is 13.0 Å². The van der Waals surface area contributed by atoms with Crippen LogP contribution in [-0.4, -0.2) is 43.6 Å². The zero-order valence-corrected chi connectivity index (χ0v) is 14.0. The van der Waals surface area contributed by atoms with E-state index in [1.807, 2.05) is 23.9 Å². The number of aromatic amines is 1. The summed E-state index contributed by atoms with van der Waals surface area (Å²) in [4.78, 5) is 28.2. The van der Waals surface area contributed by atoms with E-state index in [0.29, 0.717) is 17.9 Å². The number of nitrogens with one attached hydrogen (secondary N) is 2. The number of rotatable bonds is 4. The maximum atomic E-state index is 12.4. The fourth-order valence-corrected chi connectivity index (χ4v) is 3.25. The van der Waals surface area contributed by atoms with E-state index in [0.717, 1.165) is 30.8 Å². The highest BCUT2D eigenvalue weighted by Crippen LogP contribution is 2.32. The van der Waals surface area contributed by atoms with Crippen LogP contribution in [0.25, 0.3) is 11.2 Å². The first kappa shape index (κ1) is 15.8. The van der Waals surface area contributed by atoms with E-state index in [9.17, 15) is 4.79 Å². The molecule has 2 atom stereocenters. The molecule has 0 aliphatic carbocycles. The van der Waals surface area contributed by atoms with E-state index >= 15 is 0 Å². The van der Waals surface area contributed by atoms with E-state index in [2.05, 4.69) is 25.3 Å². The summed E-state index contributed by atoms with van der Waals surface area (Å²) in [5.74, 6) is 0.886. The number of H-pyrrole nitrogens is 1. The number of ether oxygens (including phenoxy) is 1. The van der Waals surface area contributed by atoms with Crippen molar-refractivity contribution < 1.29 is 9.53 Å². The lowest BCUT2D eigenvalue weighted by atomic mass is 9.93. The Hall–Kier alpha value is -2.74. The lowest BCUT2D eigenvalue weighted by Gasteiger charge is -2.31. The molecule has 130 valence electrons. The number of aromatic nitrogens is 5. The first-order chi connectivity index (χ1) is 12.2. The van der Waals surface area contributed by atoms with Crippen molar-refractivity contribution in [1.82, 2.24) is 29.8 Å². The van der Waals surface area contributed by atoms with E-state index in [-0.39, 0.29) is 17.9 Å². The minimum absolute atomic E-state index is 0.101. The van der Waals surface area contributed by atoms with Gasteiger partial charge in [0.1, 0.15) is 17.6 Å². The van der Waals surface area contributed by atoms with Gasteiger partial charge in [0, 0.05) is 38.5 Å². The van der Waals surface area contributed by atoms with Gasteiger partial charge in [-0.25, -0.2) is 15.0 Å². The van der Waals surface area contributed by atoms with Crippen LogP contribution in [0.4, 0.5) is 0 Å². The third-order valence-corrected chi connectivity index (χ3v) is 4.60. The third-order valence-electron chi connectivity index (χ3n) is 4.60. The van der Waals surface area contributed by atoms with Crippen LogP contribution in [0.3, 0.4) is 0 Å². The molecule has 4 heterocycles. The molecule has 8 nitrogen and oxygen atoms in total. The largest absolute Gasteiger partial charge is 0.370 e. The first-order valence-electron chi connectivity index (χ1n) is 8.39. The highest BCUT2D eigenvalue weighted by molar-refractivity contribution is 5.93. The van der Waals surface area contributed by atoms with Gasteiger partial charge in [0.2, 0.25) is 0 Å². The second kappa shape index (κ2) is 6.64. The molecule has 0 spiro atoms. The van der Waals surface area contributed by atoms with E-state index < -0.39 is 0 Å². The number of carbonyl (C=O) groups is 1. The molecule has 25 heavy (non-hydrogen) atoms.